The van der Waals surface area contributed by atoms with Gasteiger partial charge in [0.15, 0.2) is 6.67 Å². The highest BCUT2D eigenvalue weighted by Gasteiger charge is 2.38. The van der Waals surface area contributed by atoms with Crippen LogP contribution in [0.15, 0.2) is 72.8 Å². The van der Waals surface area contributed by atoms with Gasteiger partial charge in [0.2, 0.25) is 11.8 Å². The van der Waals surface area contributed by atoms with Gasteiger partial charge in [-0.2, -0.15) is 18.4 Å². The zero-order valence-corrected chi connectivity index (χ0v) is 29.2. The Labute approximate surface area is 303 Å². The smallest absolute Gasteiger partial charge is 0.444 e. The van der Waals surface area contributed by atoms with E-state index < -0.39 is 66.8 Å². The molecule has 3 aromatic rings. The van der Waals surface area contributed by atoms with Crippen LogP contribution in [0, 0.1) is 11.3 Å². The van der Waals surface area contributed by atoms with Crippen LogP contribution in [-0.4, -0.2) is 60.3 Å². The molecule has 3 aromatic carbocycles. The molecule has 0 saturated heterocycles. The van der Waals surface area contributed by atoms with E-state index in [4.69, 9.17) is 10.00 Å². The summed E-state index contributed by atoms with van der Waals surface area (Å²) in [6.07, 6.45) is -6.06. The molecule has 0 unspecified atom stereocenters. The first kappa shape index (κ1) is 41.4. The fourth-order valence-corrected chi connectivity index (χ4v) is 4.74. The number of alkyl halides is 4. The van der Waals surface area contributed by atoms with Gasteiger partial charge < -0.3 is 31.3 Å². The van der Waals surface area contributed by atoms with Gasteiger partial charge in [0, 0.05) is 32.5 Å². The summed E-state index contributed by atoms with van der Waals surface area (Å²) in [4.78, 5) is 62.7. The van der Waals surface area contributed by atoms with Crippen molar-refractivity contribution >= 4 is 29.7 Å². The number of halogens is 4. The summed E-state index contributed by atoms with van der Waals surface area (Å²) < 4.78 is 55.6. The number of ether oxygens (including phenoxy) is 1. The number of hydrogen-bond donors (Lipinski definition) is 5. The predicted octanol–water partition coefficient (Wildman–Crippen LogP) is 3.80. The summed E-state index contributed by atoms with van der Waals surface area (Å²) >= 11 is 0. The summed E-state index contributed by atoms with van der Waals surface area (Å²) in [5.74, 6) is -4.17. The monoisotopic (exact) mass is 740 g/mol. The van der Waals surface area contributed by atoms with Crippen molar-refractivity contribution in [1.29, 1.82) is 5.26 Å². The fourth-order valence-electron chi connectivity index (χ4n) is 4.74. The van der Waals surface area contributed by atoms with Gasteiger partial charge in [-0.15, -0.1) is 0 Å². The molecule has 0 radical (unpaired) electrons. The molecular formula is C37H40F4N6O6. The van der Waals surface area contributed by atoms with Crippen LogP contribution in [-0.2, 0) is 56.4 Å². The molecule has 53 heavy (non-hydrogen) atoms. The van der Waals surface area contributed by atoms with Crippen molar-refractivity contribution < 1.29 is 46.3 Å². The maximum Gasteiger partial charge on any atom is 0.471 e. The molecule has 0 heterocycles. The number of carbonyl (C=O) groups excluding carboxylic acids is 5. The van der Waals surface area contributed by atoms with E-state index in [1.165, 1.54) is 24.3 Å². The first-order valence-electron chi connectivity index (χ1n) is 16.4. The van der Waals surface area contributed by atoms with Gasteiger partial charge in [-0.1, -0.05) is 60.7 Å². The molecule has 16 heteroatoms. The summed E-state index contributed by atoms with van der Waals surface area (Å²) in [5.41, 5.74) is 2.33. The second-order valence-corrected chi connectivity index (χ2v) is 12.9. The van der Waals surface area contributed by atoms with Crippen LogP contribution in [0.4, 0.5) is 22.4 Å². The first-order chi connectivity index (χ1) is 24.9. The molecule has 5 amide bonds. The van der Waals surface area contributed by atoms with Crippen LogP contribution in [0.1, 0.15) is 54.2 Å². The van der Waals surface area contributed by atoms with E-state index in [-0.39, 0.29) is 25.9 Å². The number of nitrogens with zero attached hydrogens (tertiary/aromatic N) is 1. The van der Waals surface area contributed by atoms with Crippen molar-refractivity contribution in [3.05, 3.63) is 106 Å². The van der Waals surface area contributed by atoms with E-state index in [0.29, 0.717) is 33.4 Å². The second kappa shape index (κ2) is 19.0. The van der Waals surface area contributed by atoms with Crippen LogP contribution in [0.2, 0.25) is 0 Å². The lowest BCUT2D eigenvalue weighted by Crippen LogP contribution is -2.55. The topological polar surface area (TPSA) is 179 Å². The van der Waals surface area contributed by atoms with Crippen molar-refractivity contribution in [2.45, 2.75) is 77.1 Å². The van der Waals surface area contributed by atoms with Gasteiger partial charge in [-0.25, -0.2) is 9.18 Å². The van der Waals surface area contributed by atoms with Crippen molar-refractivity contribution in [2.24, 2.45) is 0 Å². The molecule has 0 aliphatic rings. The Kier molecular flexibility index (Phi) is 14.9. The van der Waals surface area contributed by atoms with E-state index in [2.05, 4.69) is 21.3 Å². The third-order valence-corrected chi connectivity index (χ3v) is 7.44. The molecular weight excluding hydrogens is 700 g/mol. The van der Waals surface area contributed by atoms with Crippen molar-refractivity contribution in [3.63, 3.8) is 0 Å². The number of nitrogens with one attached hydrogen (secondary N) is 5. The van der Waals surface area contributed by atoms with Gasteiger partial charge in [0.1, 0.15) is 17.7 Å². The number of rotatable bonds is 15. The Morgan fingerprint density at radius 1 is 0.660 bits per heavy atom. The number of nitriles is 1. The number of amides is 5. The quantitative estimate of drug-likeness (QED) is 0.147. The Bertz CT molecular complexity index is 1770. The maximum atomic E-state index is 13.9. The lowest BCUT2D eigenvalue weighted by Gasteiger charge is -2.25. The number of hydrogen-bond acceptors (Lipinski definition) is 7. The first-order valence-corrected chi connectivity index (χ1v) is 16.4. The molecule has 0 aliphatic carbocycles. The van der Waals surface area contributed by atoms with Crippen LogP contribution in [0.25, 0.3) is 0 Å². The van der Waals surface area contributed by atoms with Gasteiger partial charge in [0.05, 0.1) is 11.6 Å². The molecule has 0 spiro atoms. The standard InChI is InChI=1S/C37H40F4N6O6/c1-36(2,3)53-35(52)47-30(17-24-6-12-28(13-7-24)22-45-34(51)37(39,40)41)33(50)46-29(32(49)44-21-27-14-8-25(19-42)9-15-27)16-23-4-10-26(11-5-23)20-43-31(48)18-38/h4-15,29-30H,16-18,20-22H2,1-3H3,(H,43,48)(H,44,49)(H,45,51)(H,46,50)(H,47,52)/t29-,30+/m0/s1. The van der Waals surface area contributed by atoms with E-state index in [1.807, 2.05) is 6.07 Å². The molecule has 282 valence electrons. The van der Waals surface area contributed by atoms with Crippen molar-refractivity contribution in [3.8, 4) is 6.07 Å². The average Bonchev–Trinajstić information content (AvgIpc) is 3.11. The molecule has 0 aromatic heterocycles. The minimum Gasteiger partial charge on any atom is -0.444 e. The SMILES string of the molecule is CC(C)(C)OC(=O)N[C@H](Cc1ccc(CNC(=O)C(F)(F)F)cc1)C(=O)N[C@@H](Cc1ccc(CNC(=O)CF)cc1)C(=O)NCc1ccc(C#N)cc1. The maximum absolute atomic E-state index is 13.9. The zero-order chi connectivity index (χ0) is 39.2. The normalized spacial score (nSPS) is 12.3. The van der Waals surface area contributed by atoms with E-state index >= 15 is 0 Å². The predicted molar refractivity (Wildman–Crippen MR) is 184 cm³/mol. The fraction of sp³-hybridized carbons (Fsp3) is 0.351. The number of benzene rings is 3. The van der Waals surface area contributed by atoms with E-state index in [0.717, 1.165) is 0 Å². The Balaban J connectivity index is 1.83. The molecule has 2 atom stereocenters. The Morgan fingerprint density at radius 3 is 1.55 bits per heavy atom. The number of alkyl carbamates (subject to hydrolysis) is 1. The van der Waals surface area contributed by atoms with Gasteiger partial charge in [0.25, 0.3) is 5.91 Å². The Hall–Kier alpha value is -5.98. The summed E-state index contributed by atoms with van der Waals surface area (Å²) in [6.45, 7) is 3.49. The third kappa shape index (κ3) is 14.6. The molecule has 0 aliphatic heterocycles. The molecule has 0 fully saturated rings. The Morgan fingerprint density at radius 2 is 1.09 bits per heavy atom. The molecule has 5 N–H and O–H groups in total. The van der Waals surface area contributed by atoms with Crippen LogP contribution in [0.5, 0.6) is 0 Å². The van der Waals surface area contributed by atoms with Crippen molar-refractivity contribution in [2.75, 3.05) is 6.67 Å². The second-order valence-electron chi connectivity index (χ2n) is 12.9. The molecule has 3 rings (SSSR count). The summed E-state index contributed by atoms with van der Waals surface area (Å²) in [6, 6.07) is 18.8. The lowest BCUT2D eigenvalue weighted by molar-refractivity contribution is -0.173. The highest BCUT2D eigenvalue weighted by Crippen LogP contribution is 2.16. The van der Waals surface area contributed by atoms with E-state index in [1.54, 1.807) is 74.6 Å². The van der Waals surface area contributed by atoms with Crippen LogP contribution >= 0.6 is 0 Å². The van der Waals surface area contributed by atoms with Crippen molar-refractivity contribution in [1.82, 2.24) is 26.6 Å². The summed E-state index contributed by atoms with van der Waals surface area (Å²) in [5, 5.41) is 21.3. The zero-order valence-electron chi connectivity index (χ0n) is 29.2. The highest BCUT2D eigenvalue weighted by atomic mass is 19.4. The lowest BCUT2D eigenvalue weighted by atomic mass is 10.0. The van der Waals surface area contributed by atoms with Gasteiger partial charge >= 0.3 is 18.2 Å². The molecule has 0 saturated carbocycles. The molecule has 12 nitrogen and oxygen atoms in total. The summed E-state index contributed by atoms with van der Waals surface area (Å²) in [7, 11) is 0. The van der Waals surface area contributed by atoms with Crippen LogP contribution < -0.4 is 26.6 Å². The largest absolute Gasteiger partial charge is 0.471 e. The minimum absolute atomic E-state index is 0.000433. The highest BCUT2D eigenvalue weighted by molar-refractivity contribution is 5.91. The molecule has 0 bridgehead atoms. The van der Waals surface area contributed by atoms with Gasteiger partial charge in [-0.3, -0.25) is 19.2 Å². The number of carbonyl (C=O) groups is 5. The van der Waals surface area contributed by atoms with Gasteiger partial charge in [-0.05, 0) is 60.7 Å². The van der Waals surface area contributed by atoms with Crippen LogP contribution in [0.3, 0.4) is 0 Å². The van der Waals surface area contributed by atoms with E-state index in [9.17, 15) is 41.5 Å². The minimum atomic E-state index is -5.04. The third-order valence-electron chi connectivity index (χ3n) is 7.44. The average molecular weight is 741 g/mol.